The van der Waals surface area contributed by atoms with Gasteiger partial charge in [0.1, 0.15) is 24.2 Å². The van der Waals surface area contributed by atoms with Crippen molar-refractivity contribution in [2.45, 2.75) is 38.1 Å². The molecule has 0 aliphatic heterocycles. The maximum Gasteiger partial charge on any atom is 0.264 e. The lowest BCUT2D eigenvalue weighted by atomic mass is 10.1. The first-order valence-electron chi connectivity index (χ1n) is 12.8. The van der Waals surface area contributed by atoms with Crippen molar-refractivity contribution in [1.29, 1.82) is 0 Å². The molecule has 208 valence electrons. The molecule has 0 aliphatic carbocycles. The lowest BCUT2D eigenvalue weighted by molar-refractivity contribution is -0.138. The molecule has 3 rings (SSSR count). The van der Waals surface area contributed by atoms with E-state index in [1.165, 1.54) is 4.90 Å². The van der Waals surface area contributed by atoms with Crippen LogP contribution in [0.2, 0.25) is 0 Å². The molecule has 0 bridgehead atoms. The van der Waals surface area contributed by atoms with Crippen molar-refractivity contribution in [1.82, 2.24) is 10.2 Å². The minimum atomic E-state index is -4.27. The van der Waals surface area contributed by atoms with E-state index in [1.54, 1.807) is 38.1 Å². The van der Waals surface area contributed by atoms with Crippen LogP contribution in [0.15, 0.2) is 83.8 Å². The van der Waals surface area contributed by atoms with Crippen molar-refractivity contribution in [2.24, 2.45) is 0 Å². The van der Waals surface area contributed by atoms with Crippen molar-refractivity contribution in [2.75, 3.05) is 30.5 Å². The zero-order valence-corrected chi connectivity index (χ0v) is 23.2. The largest absolute Gasteiger partial charge is 0.494 e. The number of nitrogens with zero attached hydrogens (tertiary/aromatic N) is 2. The van der Waals surface area contributed by atoms with Crippen molar-refractivity contribution in [3.8, 4) is 5.75 Å². The summed E-state index contributed by atoms with van der Waals surface area (Å²) in [5.41, 5.74) is 1.20. The van der Waals surface area contributed by atoms with E-state index in [2.05, 4.69) is 5.32 Å². The minimum absolute atomic E-state index is 0.168. The highest BCUT2D eigenvalue weighted by molar-refractivity contribution is 7.92. The van der Waals surface area contributed by atoms with Crippen molar-refractivity contribution < 1.29 is 27.1 Å². The van der Waals surface area contributed by atoms with E-state index in [0.29, 0.717) is 25.3 Å². The molecule has 3 aromatic rings. The van der Waals surface area contributed by atoms with Crippen LogP contribution in [0.25, 0.3) is 0 Å². The molecule has 0 saturated carbocycles. The Balaban J connectivity index is 1.97. The normalized spacial score (nSPS) is 11.9. The Kier molecular flexibility index (Phi) is 10.4. The predicted octanol–water partition coefficient (Wildman–Crippen LogP) is 4.02. The Bertz CT molecular complexity index is 1330. The second kappa shape index (κ2) is 13.7. The number of benzene rings is 3. The molecule has 39 heavy (non-hydrogen) atoms. The second-order valence-electron chi connectivity index (χ2n) is 8.79. The number of hydrogen-bond acceptors (Lipinski definition) is 5. The molecule has 0 aliphatic rings. The third-order valence-electron chi connectivity index (χ3n) is 6.12. The van der Waals surface area contributed by atoms with Crippen LogP contribution >= 0.6 is 0 Å². The van der Waals surface area contributed by atoms with Crippen LogP contribution in [-0.2, 0) is 26.0 Å². The SMILES string of the molecule is CCNC(=O)[C@H](C)N(CCc1ccccc1)C(=O)CN(c1ccc(OCC)cc1)S(=O)(=O)c1ccc(F)cc1. The van der Waals surface area contributed by atoms with Gasteiger partial charge < -0.3 is 15.0 Å². The zero-order valence-electron chi connectivity index (χ0n) is 22.3. The van der Waals surface area contributed by atoms with Gasteiger partial charge in [-0.05, 0) is 81.3 Å². The van der Waals surface area contributed by atoms with E-state index >= 15 is 0 Å². The Morgan fingerprint density at radius 1 is 0.949 bits per heavy atom. The van der Waals surface area contributed by atoms with E-state index in [-0.39, 0.29) is 23.0 Å². The first-order valence-corrected chi connectivity index (χ1v) is 14.2. The molecule has 0 aromatic heterocycles. The van der Waals surface area contributed by atoms with E-state index < -0.39 is 34.3 Å². The van der Waals surface area contributed by atoms with Crippen LogP contribution in [-0.4, -0.2) is 57.4 Å². The number of likely N-dealkylation sites (N-methyl/N-ethyl adjacent to an activating group) is 1. The molecule has 0 fully saturated rings. The summed E-state index contributed by atoms with van der Waals surface area (Å²) in [6.07, 6.45) is 0.476. The summed E-state index contributed by atoms with van der Waals surface area (Å²) < 4.78 is 47.4. The molecule has 0 saturated heterocycles. The molecule has 2 amide bonds. The molecule has 0 unspecified atom stereocenters. The summed E-state index contributed by atoms with van der Waals surface area (Å²) >= 11 is 0. The van der Waals surface area contributed by atoms with Crippen LogP contribution in [0.1, 0.15) is 26.3 Å². The van der Waals surface area contributed by atoms with E-state index in [9.17, 15) is 22.4 Å². The lowest BCUT2D eigenvalue weighted by Crippen LogP contribution is -2.52. The molecule has 0 spiro atoms. The number of rotatable bonds is 13. The van der Waals surface area contributed by atoms with Gasteiger partial charge in [0.25, 0.3) is 10.0 Å². The van der Waals surface area contributed by atoms with Gasteiger partial charge in [0.05, 0.1) is 17.2 Å². The number of sulfonamides is 1. The molecular formula is C29H34FN3O5S. The molecule has 0 heterocycles. The standard InChI is InChI=1S/C29H34FN3O5S/c1-4-31-29(35)22(3)32(20-19-23-9-7-6-8-10-23)28(34)21-33(25-13-15-26(16-14-25)38-5-2)39(36,37)27-17-11-24(30)12-18-27/h6-18,22H,4-5,19-21H2,1-3H3,(H,31,35)/t22-/m0/s1. The molecule has 1 N–H and O–H groups in total. The van der Waals surface area contributed by atoms with Crippen molar-refractivity contribution >= 4 is 27.5 Å². The highest BCUT2D eigenvalue weighted by Gasteiger charge is 2.32. The number of amides is 2. The van der Waals surface area contributed by atoms with Crippen LogP contribution in [0.3, 0.4) is 0 Å². The van der Waals surface area contributed by atoms with Crippen LogP contribution in [0.5, 0.6) is 5.75 Å². The van der Waals surface area contributed by atoms with Gasteiger partial charge in [-0.25, -0.2) is 12.8 Å². The molecular weight excluding hydrogens is 521 g/mol. The average Bonchev–Trinajstić information content (AvgIpc) is 2.93. The second-order valence-corrected chi connectivity index (χ2v) is 10.6. The maximum atomic E-state index is 13.8. The smallest absolute Gasteiger partial charge is 0.264 e. The molecule has 3 aromatic carbocycles. The van der Waals surface area contributed by atoms with Gasteiger partial charge in [-0.1, -0.05) is 30.3 Å². The van der Waals surface area contributed by atoms with Gasteiger partial charge in [-0.15, -0.1) is 0 Å². The predicted molar refractivity (Wildman–Crippen MR) is 149 cm³/mol. The Morgan fingerprint density at radius 3 is 2.18 bits per heavy atom. The van der Waals surface area contributed by atoms with Crippen LogP contribution < -0.4 is 14.4 Å². The number of carbonyl (C=O) groups is 2. The van der Waals surface area contributed by atoms with E-state index in [0.717, 1.165) is 34.1 Å². The number of nitrogens with one attached hydrogen (secondary N) is 1. The number of ether oxygens (including phenoxy) is 1. The fourth-order valence-corrected chi connectivity index (χ4v) is 5.44. The third kappa shape index (κ3) is 7.79. The average molecular weight is 556 g/mol. The third-order valence-corrected chi connectivity index (χ3v) is 7.91. The number of anilines is 1. The van der Waals surface area contributed by atoms with Crippen molar-refractivity contribution in [3.63, 3.8) is 0 Å². The lowest BCUT2D eigenvalue weighted by Gasteiger charge is -2.32. The first kappa shape index (κ1) is 29.6. The molecule has 10 heteroatoms. The van der Waals surface area contributed by atoms with Gasteiger partial charge in [-0.2, -0.15) is 0 Å². The van der Waals surface area contributed by atoms with Gasteiger partial charge >= 0.3 is 0 Å². The topological polar surface area (TPSA) is 96.0 Å². The summed E-state index contributed by atoms with van der Waals surface area (Å²) in [6, 6.07) is 19.4. The molecule has 8 nitrogen and oxygen atoms in total. The van der Waals surface area contributed by atoms with Crippen LogP contribution in [0, 0.1) is 5.82 Å². The fourth-order valence-electron chi connectivity index (χ4n) is 4.03. The van der Waals surface area contributed by atoms with Gasteiger partial charge in [0.2, 0.25) is 11.8 Å². The monoisotopic (exact) mass is 555 g/mol. The van der Waals surface area contributed by atoms with Gasteiger partial charge in [0, 0.05) is 13.1 Å². The van der Waals surface area contributed by atoms with Crippen LogP contribution in [0.4, 0.5) is 10.1 Å². The number of hydrogen-bond donors (Lipinski definition) is 1. The van der Waals surface area contributed by atoms with Gasteiger partial charge in [-0.3, -0.25) is 13.9 Å². The summed E-state index contributed by atoms with van der Waals surface area (Å²) in [6.45, 7) is 5.69. The maximum absolute atomic E-state index is 13.8. The Hall–Kier alpha value is -3.92. The number of halogens is 1. The highest BCUT2D eigenvalue weighted by atomic mass is 32.2. The van der Waals surface area contributed by atoms with E-state index in [1.807, 2.05) is 37.3 Å². The summed E-state index contributed by atoms with van der Waals surface area (Å²) in [7, 11) is -4.27. The van der Waals surface area contributed by atoms with Gasteiger partial charge in [0.15, 0.2) is 0 Å². The van der Waals surface area contributed by atoms with Crippen molar-refractivity contribution in [3.05, 3.63) is 90.2 Å². The summed E-state index contributed by atoms with van der Waals surface area (Å²) in [5.74, 6) is -0.932. The number of carbonyl (C=O) groups excluding carboxylic acids is 2. The fraction of sp³-hybridized carbons (Fsp3) is 0.310. The van der Waals surface area contributed by atoms with E-state index in [4.69, 9.17) is 4.74 Å². The Labute approximate surface area is 229 Å². The molecule has 1 atom stereocenters. The summed E-state index contributed by atoms with van der Waals surface area (Å²) in [4.78, 5) is 27.7. The first-order chi connectivity index (χ1) is 18.7. The zero-order chi connectivity index (χ0) is 28.4. The Morgan fingerprint density at radius 2 is 1.59 bits per heavy atom. The molecule has 0 radical (unpaired) electrons. The quantitative estimate of drug-likeness (QED) is 0.344. The minimum Gasteiger partial charge on any atom is -0.494 e. The summed E-state index contributed by atoms with van der Waals surface area (Å²) in [5, 5.41) is 2.73. The highest BCUT2D eigenvalue weighted by Crippen LogP contribution is 2.26.